The first kappa shape index (κ1) is 33.5. The zero-order valence-corrected chi connectivity index (χ0v) is 30.5. The average molecular weight is 681 g/mol. The van der Waals surface area contributed by atoms with Crippen molar-refractivity contribution in [3.05, 3.63) is 58.5 Å². The summed E-state index contributed by atoms with van der Waals surface area (Å²) < 4.78 is 7.40. The molecule has 0 bridgehead atoms. The number of aryl methyl sites for hydroxylation is 10. The van der Waals surface area contributed by atoms with Crippen LogP contribution in [0.4, 0.5) is 11.9 Å². The van der Waals surface area contributed by atoms with Crippen LogP contribution >= 0.6 is 0 Å². The first-order valence-corrected chi connectivity index (χ1v) is 17.7. The summed E-state index contributed by atoms with van der Waals surface area (Å²) >= 11 is 0. The van der Waals surface area contributed by atoms with Gasteiger partial charge in [-0.3, -0.25) is 9.36 Å². The van der Waals surface area contributed by atoms with Crippen molar-refractivity contribution < 1.29 is 0 Å². The number of fused-ring (bicyclic) bond motifs is 2. The maximum atomic E-state index is 4.75. The number of hydrogen-bond acceptors (Lipinski definition) is 12. The minimum absolute atomic E-state index is 0.522. The maximum Gasteiger partial charge on any atom is 0.245 e. The van der Waals surface area contributed by atoms with Crippen molar-refractivity contribution in [1.29, 1.82) is 0 Å². The molecular weight excluding hydrogens is 632 g/mol. The monoisotopic (exact) mass is 680 g/mol. The lowest BCUT2D eigenvalue weighted by molar-refractivity contribution is 0.673. The number of hydrogen-bond donors (Lipinski definition) is 0. The topological polar surface area (TPSA) is 154 Å². The third kappa shape index (κ3) is 6.62. The van der Waals surface area contributed by atoms with E-state index in [1.807, 2.05) is 72.6 Å². The predicted octanol–water partition coefficient (Wildman–Crippen LogP) is 3.29. The zero-order chi connectivity index (χ0) is 35.1. The molecule has 0 aliphatic carbocycles. The Balaban J connectivity index is 0.000000157. The molecule has 0 N–H and O–H groups in total. The third-order valence-electron chi connectivity index (χ3n) is 9.96. The molecule has 50 heavy (non-hydrogen) atoms. The van der Waals surface area contributed by atoms with Crippen LogP contribution in [0.2, 0.25) is 0 Å². The lowest BCUT2D eigenvalue weighted by Crippen LogP contribution is -2.27. The summed E-state index contributed by atoms with van der Waals surface area (Å²) in [6.07, 6.45) is 11.6. The van der Waals surface area contributed by atoms with Crippen LogP contribution < -0.4 is 9.80 Å². The van der Waals surface area contributed by atoms with Crippen LogP contribution in [0.5, 0.6) is 0 Å². The molecule has 0 saturated carbocycles. The lowest BCUT2D eigenvalue weighted by atomic mass is 10.2. The van der Waals surface area contributed by atoms with Crippen molar-refractivity contribution in [3.63, 3.8) is 0 Å². The third-order valence-corrected chi connectivity index (χ3v) is 9.96. The minimum Gasteiger partial charge on any atom is -0.337 e. The van der Waals surface area contributed by atoms with Gasteiger partial charge in [-0.05, 0) is 67.2 Å². The Bertz CT molecular complexity index is 1890. The Morgan fingerprint density at radius 2 is 1.00 bits per heavy atom. The van der Waals surface area contributed by atoms with Crippen molar-refractivity contribution in [1.82, 2.24) is 68.7 Å². The van der Waals surface area contributed by atoms with Gasteiger partial charge in [0.1, 0.15) is 23.3 Å². The molecule has 0 spiro atoms. The van der Waals surface area contributed by atoms with Crippen LogP contribution in [0, 0.1) is 27.7 Å². The highest BCUT2D eigenvalue weighted by Crippen LogP contribution is 2.24. The second kappa shape index (κ2) is 13.7. The summed E-state index contributed by atoms with van der Waals surface area (Å²) in [5, 5.41) is 18.4. The van der Waals surface area contributed by atoms with Gasteiger partial charge in [0, 0.05) is 88.5 Å². The average Bonchev–Trinajstić information content (AvgIpc) is 3.94. The highest BCUT2D eigenvalue weighted by atomic mass is 15.4. The summed E-state index contributed by atoms with van der Waals surface area (Å²) in [5.74, 6) is 6.98. The Kier molecular flexibility index (Phi) is 9.18. The van der Waals surface area contributed by atoms with Gasteiger partial charge >= 0.3 is 0 Å². The smallest absolute Gasteiger partial charge is 0.245 e. The van der Waals surface area contributed by atoms with E-state index < -0.39 is 0 Å². The Morgan fingerprint density at radius 1 is 0.580 bits per heavy atom. The van der Waals surface area contributed by atoms with E-state index >= 15 is 0 Å². The van der Waals surface area contributed by atoms with Crippen molar-refractivity contribution >= 4 is 23.2 Å². The quantitative estimate of drug-likeness (QED) is 0.232. The fraction of sp³-hybridized carbons (Fsp3) is 0.588. The summed E-state index contributed by atoms with van der Waals surface area (Å²) in [7, 11) is 3.92. The van der Waals surface area contributed by atoms with Crippen molar-refractivity contribution in [2.45, 2.75) is 105 Å². The van der Waals surface area contributed by atoms with Gasteiger partial charge in [-0.2, -0.15) is 19.0 Å². The van der Waals surface area contributed by atoms with Crippen molar-refractivity contribution in [3.8, 4) is 0 Å². The summed E-state index contributed by atoms with van der Waals surface area (Å²) in [6, 6.07) is 1.04. The van der Waals surface area contributed by atoms with Crippen LogP contribution in [0.3, 0.4) is 0 Å². The van der Waals surface area contributed by atoms with Gasteiger partial charge in [0.2, 0.25) is 11.9 Å². The molecule has 16 nitrogen and oxygen atoms in total. The van der Waals surface area contributed by atoms with Crippen LogP contribution in [-0.2, 0) is 39.8 Å². The number of anilines is 2. The second-order valence-electron chi connectivity index (χ2n) is 13.8. The van der Waals surface area contributed by atoms with Gasteiger partial charge in [0.25, 0.3) is 0 Å². The molecule has 2 unspecified atom stereocenters. The molecule has 0 amide bonds. The SMILES string of the molecule is Cc1cnc(C)n2nc(CCc3nc(N4CCCC4C)nn3C)nc12.Cc1cnc(C)n2nc(CCc3nc(N4CCCC4C)nn3C)nc12. The van der Waals surface area contributed by atoms with E-state index in [-0.39, 0.29) is 0 Å². The molecule has 8 rings (SSSR count). The second-order valence-corrected chi connectivity index (χ2v) is 13.8. The molecule has 16 heteroatoms. The van der Waals surface area contributed by atoms with Gasteiger partial charge in [0.15, 0.2) is 22.9 Å². The van der Waals surface area contributed by atoms with Crippen molar-refractivity contribution in [2.24, 2.45) is 14.1 Å². The van der Waals surface area contributed by atoms with Crippen LogP contribution in [0.25, 0.3) is 11.3 Å². The molecular formula is C34H48N16. The molecule has 0 aromatic carbocycles. The van der Waals surface area contributed by atoms with E-state index in [2.05, 4.69) is 64.0 Å². The van der Waals surface area contributed by atoms with E-state index in [1.54, 1.807) is 0 Å². The number of rotatable bonds is 8. The van der Waals surface area contributed by atoms with Crippen molar-refractivity contribution in [2.75, 3.05) is 22.9 Å². The van der Waals surface area contributed by atoms with E-state index in [4.69, 9.17) is 9.97 Å². The normalized spacial score (nSPS) is 17.8. The largest absolute Gasteiger partial charge is 0.337 e. The van der Waals surface area contributed by atoms with E-state index in [0.29, 0.717) is 12.1 Å². The maximum absolute atomic E-state index is 4.75. The molecule has 2 saturated heterocycles. The molecule has 2 atom stereocenters. The van der Waals surface area contributed by atoms with Gasteiger partial charge < -0.3 is 9.80 Å². The van der Waals surface area contributed by atoms with E-state index in [1.165, 1.54) is 25.7 Å². The van der Waals surface area contributed by atoms with Gasteiger partial charge in [-0.1, -0.05) is 0 Å². The van der Waals surface area contributed by atoms with E-state index in [0.717, 1.165) is 108 Å². The molecule has 8 heterocycles. The summed E-state index contributed by atoms with van der Waals surface area (Å²) in [4.78, 5) is 32.1. The van der Waals surface area contributed by atoms with Gasteiger partial charge in [0.05, 0.1) is 0 Å². The molecule has 2 aliphatic heterocycles. The Hall–Kier alpha value is -5.02. The fourth-order valence-corrected chi connectivity index (χ4v) is 6.88. The first-order valence-electron chi connectivity index (χ1n) is 17.7. The fourth-order valence-electron chi connectivity index (χ4n) is 6.88. The van der Waals surface area contributed by atoms with E-state index in [9.17, 15) is 0 Å². The zero-order valence-electron chi connectivity index (χ0n) is 30.5. The molecule has 6 aromatic rings. The summed E-state index contributed by atoms with van der Waals surface area (Å²) in [5.41, 5.74) is 3.83. The lowest BCUT2D eigenvalue weighted by Gasteiger charge is -2.18. The molecule has 2 aliphatic rings. The molecule has 6 aromatic heterocycles. The molecule has 0 radical (unpaired) electrons. The molecule has 2 fully saturated rings. The summed E-state index contributed by atoms with van der Waals surface area (Å²) in [6.45, 7) is 14.5. The first-order chi connectivity index (χ1) is 24.0. The van der Waals surface area contributed by atoms with Crippen LogP contribution in [-0.4, -0.2) is 93.9 Å². The van der Waals surface area contributed by atoms with Crippen LogP contribution in [0.15, 0.2) is 12.4 Å². The number of nitrogens with zero attached hydrogens (tertiary/aromatic N) is 16. The van der Waals surface area contributed by atoms with Gasteiger partial charge in [-0.25, -0.2) is 19.9 Å². The Morgan fingerprint density at radius 3 is 1.36 bits per heavy atom. The Labute approximate surface area is 292 Å². The standard InChI is InChI=1S/2C17H24N8/c2*1-11-10-18-13(3)25-16(11)19-14(21-25)7-8-15-20-17(22-23(15)4)24-9-5-6-12(24)2/h2*10,12H,5-9H2,1-4H3. The molecule has 264 valence electrons. The van der Waals surface area contributed by atoms with Crippen LogP contribution in [0.1, 0.15) is 85.6 Å². The predicted molar refractivity (Wildman–Crippen MR) is 189 cm³/mol. The van der Waals surface area contributed by atoms with Gasteiger partial charge in [-0.15, -0.1) is 20.4 Å². The highest BCUT2D eigenvalue weighted by Gasteiger charge is 2.26. The highest BCUT2D eigenvalue weighted by molar-refractivity contribution is 5.46. The minimum atomic E-state index is 0.522. The number of aromatic nitrogens is 14.